The Bertz CT molecular complexity index is 632. The number of benzene rings is 1. The van der Waals surface area contributed by atoms with E-state index in [-0.39, 0.29) is 0 Å². The molecule has 0 bridgehead atoms. The third-order valence-corrected chi connectivity index (χ3v) is 3.71. The summed E-state index contributed by atoms with van der Waals surface area (Å²) in [5, 5.41) is 26.6. The molecule has 0 fully saturated rings. The lowest BCUT2D eigenvalue weighted by Gasteiger charge is -2.27. The van der Waals surface area contributed by atoms with Crippen molar-refractivity contribution in [2.24, 2.45) is 0 Å². The maximum atomic E-state index is 9.30. The summed E-state index contributed by atoms with van der Waals surface area (Å²) in [4.78, 5) is 2.23. The zero-order chi connectivity index (χ0) is 14.8. The van der Waals surface area contributed by atoms with Crippen molar-refractivity contribution in [3.05, 3.63) is 35.9 Å². The van der Waals surface area contributed by atoms with Crippen molar-refractivity contribution in [1.29, 1.82) is 0 Å². The molecule has 0 saturated carbocycles. The van der Waals surface area contributed by atoms with Gasteiger partial charge in [0.2, 0.25) is 0 Å². The molecule has 2 N–H and O–H groups in total. The molecule has 0 radical (unpaired) electrons. The molecular weight excluding hydrogens is 271 g/mol. The molecule has 0 aliphatic carbocycles. The molecule has 1 aliphatic heterocycles. The molecule has 0 saturated heterocycles. The van der Waals surface area contributed by atoms with Crippen LogP contribution in [0.2, 0.25) is 0 Å². The summed E-state index contributed by atoms with van der Waals surface area (Å²) in [5.74, 6) is 1.69. The lowest BCUT2D eigenvalue weighted by molar-refractivity contribution is 0.206. The van der Waals surface area contributed by atoms with Gasteiger partial charge < -0.3 is 19.4 Å². The molecule has 2 heterocycles. The Kier molecular flexibility index (Phi) is 3.91. The van der Waals surface area contributed by atoms with Gasteiger partial charge >= 0.3 is 7.12 Å². The molecule has 1 aromatic carbocycles. The summed E-state index contributed by atoms with van der Waals surface area (Å²) < 4.78 is 7.40. The molecule has 8 heteroatoms. The Hall–Kier alpha value is -1.90. The van der Waals surface area contributed by atoms with Gasteiger partial charge in [0, 0.05) is 25.2 Å². The fourth-order valence-electron chi connectivity index (χ4n) is 2.57. The number of fused-ring (bicyclic) bond motifs is 1. The molecule has 1 aromatic heterocycles. The van der Waals surface area contributed by atoms with Crippen molar-refractivity contribution >= 4 is 12.6 Å². The zero-order valence-corrected chi connectivity index (χ0v) is 11.8. The van der Waals surface area contributed by atoms with Crippen LogP contribution < -0.4 is 10.2 Å². The van der Waals surface area contributed by atoms with E-state index >= 15 is 0 Å². The highest BCUT2D eigenvalue weighted by Crippen LogP contribution is 2.20. The highest BCUT2D eigenvalue weighted by molar-refractivity contribution is 6.58. The van der Waals surface area contributed by atoms with Crippen LogP contribution >= 0.6 is 0 Å². The van der Waals surface area contributed by atoms with E-state index in [4.69, 9.17) is 4.74 Å². The van der Waals surface area contributed by atoms with E-state index in [1.807, 2.05) is 4.57 Å². The van der Waals surface area contributed by atoms with Gasteiger partial charge in [-0.3, -0.25) is 4.90 Å². The topological polar surface area (TPSA) is 83.6 Å². The van der Waals surface area contributed by atoms with Gasteiger partial charge in [0.15, 0.2) is 0 Å². The molecule has 2 aromatic rings. The second-order valence-electron chi connectivity index (χ2n) is 5.10. The minimum absolute atomic E-state index is 0.464. The fraction of sp³-hybridized carbons (Fsp3) is 0.385. The number of hydrogen-bond acceptors (Lipinski definition) is 6. The van der Waals surface area contributed by atoms with Crippen molar-refractivity contribution < 1.29 is 14.8 Å². The SMILES string of the molecule is COc1ccc(B(O)O)cc1CN1CCn2cnnc2C1. The van der Waals surface area contributed by atoms with Gasteiger partial charge in [-0.15, -0.1) is 10.2 Å². The number of aromatic nitrogens is 3. The molecule has 110 valence electrons. The van der Waals surface area contributed by atoms with E-state index in [0.717, 1.165) is 36.8 Å². The first kappa shape index (κ1) is 14.1. The average molecular weight is 288 g/mol. The second-order valence-corrected chi connectivity index (χ2v) is 5.10. The van der Waals surface area contributed by atoms with Gasteiger partial charge in [0.25, 0.3) is 0 Å². The quantitative estimate of drug-likeness (QED) is 0.701. The summed E-state index contributed by atoms with van der Waals surface area (Å²) in [6, 6.07) is 5.18. The summed E-state index contributed by atoms with van der Waals surface area (Å²) in [7, 11) is 0.139. The van der Waals surface area contributed by atoms with Crippen LogP contribution in [0.5, 0.6) is 5.75 Å². The average Bonchev–Trinajstić information content (AvgIpc) is 2.94. The van der Waals surface area contributed by atoms with Crippen LogP contribution in [0.4, 0.5) is 0 Å². The molecule has 0 spiro atoms. The third-order valence-electron chi connectivity index (χ3n) is 3.71. The molecule has 7 nitrogen and oxygen atoms in total. The van der Waals surface area contributed by atoms with Gasteiger partial charge in [-0.2, -0.15) is 0 Å². The predicted molar refractivity (Wildman–Crippen MR) is 77.0 cm³/mol. The first-order valence-corrected chi connectivity index (χ1v) is 6.79. The van der Waals surface area contributed by atoms with Gasteiger partial charge in [-0.05, 0) is 11.5 Å². The zero-order valence-electron chi connectivity index (χ0n) is 11.8. The van der Waals surface area contributed by atoms with Crippen molar-refractivity contribution in [1.82, 2.24) is 19.7 Å². The van der Waals surface area contributed by atoms with Crippen molar-refractivity contribution in [2.45, 2.75) is 19.6 Å². The van der Waals surface area contributed by atoms with Crippen LogP contribution in [0, 0.1) is 0 Å². The molecule has 1 aliphatic rings. The minimum Gasteiger partial charge on any atom is -0.496 e. The molecule has 21 heavy (non-hydrogen) atoms. The normalized spacial score (nSPS) is 14.8. The lowest BCUT2D eigenvalue weighted by atomic mass is 9.79. The van der Waals surface area contributed by atoms with E-state index < -0.39 is 7.12 Å². The minimum atomic E-state index is -1.47. The predicted octanol–water partition coefficient (Wildman–Crippen LogP) is -1.02. The van der Waals surface area contributed by atoms with E-state index in [9.17, 15) is 10.0 Å². The van der Waals surface area contributed by atoms with Gasteiger partial charge in [0.1, 0.15) is 17.9 Å². The summed E-state index contributed by atoms with van der Waals surface area (Å²) >= 11 is 0. The monoisotopic (exact) mass is 288 g/mol. The number of nitrogens with zero attached hydrogens (tertiary/aromatic N) is 4. The summed E-state index contributed by atoms with van der Waals surface area (Å²) in [6.07, 6.45) is 1.75. The summed E-state index contributed by atoms with van der Waals surface area (Å²) in [5.41, 5.74) is 1.39. The van der Waals surface area contributed by atoms with Crippen LogP contribution in [-0.2, 0) is 19.6 Å². The Morgan fingerprint density at radius 3 is 2.95 bits per heavy atom. The van der Waals surface area contributed by atoms with E-state index in [2.05, 4.69) is 15.1 Å². The van der Waals surface area contributed by atoms with E-state index in [1.165, 1.54) is 0 Å². The number of hydrogen-bond donors (Lipinski definition) is 2. The largest absolute Gasteiger partial charge is 0.496 e. The van der Waals surface area contributed by atoms with E-state index in [1.54, 1.807) is 31.6 Å². The molecule has 3 rings (SSSR count). The van der Waals surface area contributed by atoms with Gasteiger partial charge in [-0.1, -0.05) is 12.1 Å². The Morgan fingerprint density at radius 2 is 2.19 bits per heavy atom. The van der Waals surface area contributed by atoms with Gasteiger partial charge in [0.05, 0.1) is 13.7 Å². The van der Waals surface area contributed by atoms with Crippen LogP contribution in [0.25, 0.3) is 0 Å². The molecular formula is C13H17BN4O3. The third kappa shape index (κ3) is 2.92. The van der Waals surface area contributed by atoms with Crippen LogP contribution in [0.15, 0.2) is 24.5 Å². The maximum Gasteiger partial charge on any atom is 0.488 e. The number of ether oxygens (including phenoxy) is 1. The Labute approximate surface area is 122 Å². The highest BCUT2D eigenvalue weighted by Gasteiger charge is 2.20. The fourth-order valence-corrected chi connectivity index (χ4v) is 2.57. The Balaban J connectivity index is 1.79. The summed E-state index contributed by atoms with van der Waals surface area (Å²) in [6.45, 7) is 3.12. The second kappa shape index (κ2) is 5.84. The molecule has 0 amide bonds. The van der Waals surface area contributed by atoms with Gasteiger partial charge in [-0.25, -0.2) is 0 Å². The smallest absolute Gasteiger partial charge is 0.488 e. The van der Waals surface area contributed by atoms with Crippen molar-refractivity contribution in [2.75, 3.05) is 13.7 Å². The van der Waals surface area contributed by atoms with Crippen LogP contribution in [0.1, 0.15) is 11.4 Å². The first-order valence-electron chi connectivity index (χ1n) is 6.79. The highest BCUT2D eigenvalue weighted by atomic mass is 16.5. The van der Waals surface area contributed by atoms with Crippen LogP contribution in [0.3, 0.4) is 0 Å². The van der Waals surface area contributed by atoms with Crippen molar-refractivity contribution in [3.8, 4) is 5.75 Å². The standard InChI is InChI=1S/C13H17BN4O3/c1-21-12-3-2-11(14(19)20)6-10(12)7-17-4-5-18-9-15-16-13(18)8-17/h2-3,6,9,19-20H,4-5,7-8H2,1H3. The molecule has 0 unspecified atom stereocenters. The maximum absolute atomic E-state index is 9.30. The number of methoxy groups -OCH3 is 1. The van der Waals surface area contributed by atoms with E-state index in [0.29, 0.717) is 12.0 Å². The van der Waals surface area contributed by atoms with Crippen LogP contribution in [-0.4, -0.2) is 50.5 Å². The molecule has 0 atom stereocenters. The Morgan fingerprint density at radius 1 is 1.33 bits per heavy atom. The number of rotatable bonds is 4. The lowest BCUT2D eigenvalue weighted by Crippen LogP contribution is -2.34. The first-order chi connectivity index (χ1) is 10.2. The van der Waals surface area contributed by atoms with Crippen molar-refractivity contribution in [3.63, 3.8) is 0 Å².